The van der Waals surface area contributed by atoms with Gasteiger partial charge in [0.2, 0.25) is 5.91 Å². The number of amides is 1. The summed E-state index contributed by atoms with van der Waals surface area (Å²) in [5, 5.41) is 12.6. The first-order valence-electron chi connectivity index (χ1n) is 7.20. The van der Waals surface area contributed by atoms with Gasteiger partial charge < -0.3 is 10.4 Å². The molecule has 20 heavy (non-hydrogen) atoms. The molecule has 0 radical (unpaired) electrons. The number of aromatic carboxylic acids is 1. The van der Waals surface area contributed by atoms with Crippen molar-refractivity contribution in [2.45, 2.75) is 52.4 Å². The van der Waals surface area contributed by atoms with Gasteiger partial charge in [0.05, 0.1) is 5.56 Å². The molecule has 1 aromatic heterocycles. The largest absolute Gasteiger partial charge is 0.478 e. The second-order valence-electron chi connectivity index (χ2n) is 5.41. The van der Waals surface area contributed by atoms with Crippen molar-refractivity contribution in [1.82, 2.24) is 0 Å². The van der Waals surface area contributed by atoms with E-state index in [1.165, 1.54) is 11.3 Å². The molecule has 0 spiro atoms. The molecule has 0 saturated heterocycles. The minimum Gasteiger partial charge on any atom is -0.478 e. The van der Waals surface area contributed by atoms with Gasteiger partial charge in [0.1, 0.15) is 5.00 Å². The lowest BCUT2D eigenvalue weighted by molar-refractivity contribution is -0.125. The van der Waals surface area contributed by atoms with Crippen molar-refractivity contribution >= 4 is 28.2 Å². The van der Waals surface area contributed by atoms with Crippen molar-refractivity contribution in [3.8, 4) is 0 Å². The maximum atomic E-state index is 12.5. The first-order chi connectivity index (χ1) is 9.52. The van der Waals surface area contributed by atoms with Gasteiger partial charge in [-0.05, 0) is 31.7 Å². The van der Waals surface area contributed by atoms with Gasteiger partial charge in [0.25, 0.3) is 0 Å². The molecule has 0 aliphatic heterocycles. The van der Waals surface area contributed by atoms with E-state index < -0.39 is 5.97 Å². The summed E-state index contributed by atoms with van der Waals surface area (Å²) >= 11 is 1.37. The van der Waals surface area contributed by atoms with E-state index in [0.29, 0.717) is 5.00 Å². The van der Waals surface area contributed by atoms with E-state index in [9.17, 15) is 14.7 Å². The molecule has 2 N–H and O–H groups in total. The number of carboxylic acid groups (broad SMARTS) is 1. The Labute approximate surface area is 123 Å². The van der Waals surface area contributed by atoms with E-state index in [1.54, 1.807) is 6.07 Å². The minimum atomic E-state index is -0.978. The Kier molecular flexibility index (Phi) is 4.48. The highest BCUT2D eigenvalue weighted by molar-refractivity contribution is 7.16. The zero-order valence-electron chi connectivity index (χ0n) is 12.0. The summed E-state index contributed by atoms with van der Waals surface area (Å²) in [7, 11) is 0. The first-order valence-corrected chi connectivity index (χ1v) is 8.01. The van der Waals surface area contributed by atoms with Crippen molar-refractivity contribution in [2.75, 3.05) is 5.32 Å². The summed E-state index contributed by atoms with van der Waals surface area (Å²) in [6.45, 7) is 4.02. The summed E-state index contributed by atoms with van der Waals surface area (Å²) < 4.78 is 0. The van der Waals surface area contributed by atoms with E-state index in [1.807, 2.05) is 13.8 Å². The smallest absolute Gasteiger partial charge is 0.338 e. The molecule has 0 unspecified atom stereocenters. The van der Waals surface area contributed by atoms with Crippen LogP contribution in [0.1, 0.15) is 61.2 Å². The van der Waals surface area contributed by atoms with Crippen molar-refractivity contribution in [3.05, 3.63) is 16.5 Å². The molecule has 4 nitrogen and oxygen atoms in total. The van der Waals surface area contributed by atoms with Gasteiger partial charge in [-0.3, -0.25) is 4.79 Å². The van der Waals surface area contributed by atoms with Crippen molar-refractivity contribution in [1.29, 1.82) is 0 Å². The Hall–Kier alpha value is -1.36. The molecule has 0 aromatic carbocycles. The fraction of sp³-hybridized carbons (Fsp3) is 0.600. The van der Waals surface area contributed by atoms with E-state index >= 15 is 0 Å². The van der Waals surface area contributed by atoms with E-state index in [0.717, 1.165) is 43.4 Å². The van der Waals surface area contributed by atoms with E-state index in [-0.39, 0.29) is 16.9 Å². The van der Waals surface area contributed by atoms with Gasteiger partial charge in [-0.1, -0.05) is 26.7 Å². The quantitative estimate of drug-likeness (QED) is 0.865. The zero-order chi connectivity index (χ0) is 14.8. The number of hydrogen-bond donors (Lipinski definition) is 2. The fourth-order valence-electron chi connectivity index (χ4n) is 2.90. The molecular weight excluding hydrogens is 274 g/mol. The first kappa shape index (κ1) is 15.0. The third-order valence-corrected chi connectivity index (χ3v) is 5.50. The van der Waals surface area contributed by atoms with Crippen molar-refractivity contribution in [2.24, 2.45) is 5.41 Å². The van der Waals surface area contributed by atoms with Crippen molar-refractivity contribution < 1.29 is 14.7 Å². The highest BCUT2D eigenvalue weighted by atomic mass is 32.1. The maximum absolute atomic E-state index is 12.5. The normalized spacial score (nSPS) is 17.1. The number of aryl methyl sites for hydroxylation is 1. The van der Waals surface area contributed by atoms with Crippen LogP contribution in [0.25, 0.3) is 0 Å². The predicted octanol–water partition coefficient (Wildman–Crippen LogP) is 3.92. The van der Waals surface area contributed by atoms with Gasteiger partial charge in [0, 0.05) is 10.3 Å². The zero-order valence-corrected chi connectivity index (χ0v) is 12.8. The molecule has 1 aliphatic carbocycles. The fourth-order valence-corrected chi connectivity index (χ4v) is 3.88. The van der Waals surface area contributed by atoms with Gasteiger partial charge in [0.15, 0.2) is 0 Å². The topological polar surface area (TPSA) is 66.4 Å². The van der Waals surface area contributed by atoms with Gasteiger partial charge in [-0.15, -0.1) is 11.3 Å². The average molecular weight is 295 g/mol. The molecule has 0 bridgehead atoms. The summed E-state index contributed by atoms with van der Waals surface area (Å²) in [4.78, 5) is 24.8. The number of carbonyl (C=O) groups excluding carboxylic acids is 1. The molecular formula is C15H21NO3S. The standard InChI is InChI=1S/C15H21NO3S/c1-3-10-9-11(13(17)18)12(20-10)16-14(19)15(4-2)7-5-6-8-15/h9H,3-8H2,1-2H3,(H,16,19)(H,17,18). The Morgan fingerprint density at radius 3 is 2.50 bits per heavy atom. The van der Waals surface area contributed by atoms with E-state index in [2.05, 4.69) is 5.32 Å². The third-order valence-electron chi connectivity index (χ3n) is 4.31. The van der Waals surface area contributed by atoms with Gasteiger partial charge >= 0.3 is 5.97 Å². The summed E-state index contributed by atoms with van der Waals surface area (Å²) in [6, 6.07) is 1.66. The SMILES string of the molecule is CCc1cc(C(=O)O)c(NC(=O)C2(CC)CCCC2)s1. The summed E-state index contributed by atoms with van der Waals surface area (Å²) in [5.74, 6) is -0.988. The van der Waals surface area contributed by atoms with Gasteiger partial charge in [-0.2, -0.15) is 0 Å². The molecule has 5 heteroatoms. The lowest BCUT2D eigenvalue weighted by Gasteiger charge is -2.25. The third kappa shape index (κ3) is 2.73. The van der Waals surface area contributed by atoms with Crippen LogP contribution in [0, 0.1) is 5.41 Å². The van der Waals surface area contributed by atoms with Crippen molar-refractivity contribution in [3.63, 3.8) is 0 Å². The van der Waals surface area contributed by atoms with Crippen LogP contribution in [-0.4, -0.2) is 17.0 Å². The molecule has 1 saturated carbocycles. The second-order valence-corrected chi connectivity index (χ2v) is 6.55. The highest BCUT2D eigenvalue weighted by Gasteiger charge is 2.39. The molecule has 1 fully saturated rings. The maximum Gasteiger partial charge on any atom is 0.338 e. The Balaban J connectivity index is 2.23. The lowest BCUT2D eigenvalue weighted by Crippen LogP contribution is -2.33. The van der Waals surface area contributed by atoms with E-state index in [4.69, 9.17) is 0 Å². The number of carbonyl (C=O) groups is 2. The molecule has 0 atom stereocenters. The highest BCUT2D eigenvalue weighted by Crippen LogP contribution is 2.42. The summed E-state index contributed by atoms with van der Waals surface area (Å²) in [6.07, 6.45) is 5.57. The molecule has 1 heterocycles. The number of thiophene rings is 1. The number of hydrogen-bond acceptors (Lipinski definition) is 3. The number of nitrogens with one attached hydrogen (secondary N) is 1. The average Bonchev–Trinajstić information content (AvgIpc) is 3.05. The van der Waals surface area contributed by atoms with Crippen LogP contribution in [0.3, 0.4) is 0 Å². The van der Waals surface area contributed by atoms with Crippen LogP contribution in [0.5, 0.6) is 0 Å². The monoisotopic (exact) mass is 295 g/mol. The molecule has 1 amide bonds. The molecule has 2 rings (SSSR count). The van der Waals surface area contributed by atoms with Crippen LogP contribution in [0.15, 0.2) is 6.07 Å². The molecule has 1 aliphatic rings. The Morgan fingerprint density at radius 1 is 1.35 bits per heavy atom. The van der Waals surface area contributed by atoms with Gasteiger partial charge in [-0.25, -0.2) is 4.79 Å². The summed E-state index contributed by atoms with van der Waals surface area (Å²) in [5.41, 5.74) is -0.0870. The lowest BCUT2D eigenvalue weighted by atomic mass is 9.82. The molecule has 110 valence electrons. The van der Waals surface area contributed by atoms with Crippen LogP contribution >= 0.6 is 11.3 Å². The van der Waals surface area contributed by atoms with Crippen LogP contribution in [0.2, 0.25) is 0 Å². The number of anilines is 1. The number of rotatable bonds is 5. The Morgan fingerprint density at radius 2 is 2.00 bits per heavy atom. The Bertz CT molecular complexity index is 515. The van der Waals surface area contributed by atoms with Crippen LogP contribution < -0.4 is 5.32 Å². The number of carboxylic acids is 1. The van der Waals surface area contributed by atoms with Crippen LogP contribution in [-0.2, 0) is 11.2 Å². The van der Waals surface area contributed by atoms with Crippen LogP contribution in [0.4, 0.5) is 5.00 Å². The second kappa shape index (κ2) is 5.95. The minimum absolute atomic E-state index is 0.00972. The predicted molar refractivity (Wildman–Crippen MR) is 80.5 cm³/mol. The molecule has 1 aromatic rings.